The van der Waals surface area contributed by atoms with Crippen LogP contribution in [-0.4, -0.2) is 65.7 Å². The Morgan fingerprint density at radius 1 is 1.02 bits per heavy atom. The van der Waals surface area contributed by atoms with E-state index in [1.54, 1.807) is 18.0 Å². The van der Waals surface area contributed by atoms with Crippen LogP contribution >= 0.6 is 11.8 Å². The standard InChI is InChI=1S/C34H39N5O4S/c1-23-29(22-44-33-35-19-20-36-33)43-27(21-37-23)18-17-24-11-9-10-16-28(24)38-32(40)31(39-34(41)42-2)30(25-12-5-3-6-13-25)26-14-7-4-8-15-26/h3-16,19-20,23,27,29-31,37H,17-18,21-22H2,1-2H3,(H,35,36)(H,38,40)(H,39,41)/t23-,27-,29-,31?/m1/s1. The second-order valence-electron chi connectivity index (χ2n) is 10.8. The topological polar surface area (TPSA) is 117 Å². The van der Waals surface area contributed by atoms with Gasteiger partial charge in [0.25, 0.3) is 0 Å². The number of amides is 2. The number of methoxy groups -OCH3 is 1. The summed E-state index contributed by atoms with van der Waals surface area (Å²) in [4.78, 5) is 34.0. The summed E-state index contributed by atoms with van der Waals surface area (Å²) in [6.45, 7) is 2.91. The number of para-hydroxylation sites is 1. The van der Waals surface area contributed by atoms with E-state index in [4.69, 9.17) is 9.47 Å². The molecule has 0 radical (unpaired) electrons. The molecule has 1 aliphatic rings. The normalized spacial score (nSPS) is 18.8. The number of nitrogens with one attached hydrogen (secondary N) is 4. The van der Waals surface area contributed by atoms with Crippen molar-refractivity contribution in [2.45, 2.75) is 55.1 Å². The van der Waals surface area contributed by atoms with Gasteiger partial charge in [0, 0.05) is 42.3 Å². The highest BCUT2D eigenvalue weighted by Crippen LogP contribution is 2.30. The molecule has 1 unspecified atom stereocenters. The molecule has 0 aliphatic carbocycles. The molecule has 1 aliphatic heterocycles. The Balaban J connectivity index is 1.30. The number of carbonyl (C=O) groups is 2. The number of morpholine rings is 1. The molecule has 1 saturated heterocycles. The maximum atomic E-state index is 14.0. The van der Waals surface area contributed by atoms with Crippen molar-refractivity contribution >= 4 is 29.4 Å². The SMILES string of the molecule is COC(=O)NC(C(=O)Nc1ccccc1CC[C@@H]1CN[C@H](C)[C@@H](CSc2ncc[nH]2)O1)C(c1ccccc1)c1ccccc1. The number of H-pyrrole nitrogens is 1. The lowest BCUT2D eigenvalue weighted by Gasteiger charge is -2.36. The summed E-state index contributed by atoms with van der Waals surface area (Å²) in [7, 11) is 1.29. The molecule has 9 nitrogen and oxygen atoms in total. The van der Waals surface area contributed by atoms with Gasteiger partial charge in [0.2, 0.25) is 5.91 Å². The van der Waals surface area contributed by atoms with Crippen molar-refractivity contribution in [2.75, 3.05) is 24.7 Å². The molecule has 0 spiro atoms. The molecule has 4 atom stereocenters. The first-order valence-corrected chi connectivity index (χ1v) is 15.8. The van der Waals surface area contributed by atoms with Crippen molar-refractivity contribution in [2.24, 2.45) is 0 Å². The van der Waals surface area contributed by atoms with E-state index < -0.39 is 18.1 Å². The van der Waals surface area contributed by atoms with Gasteiger partial charge in [-0.1, -0.05) is 90.6 Å². The molecular weight excluding hydrogens is 574 g/mol. The lowest BCUT2D eigenvalue weighted by atomic mass is 9.84. The number of hydrogen-bond acceptors (Lipinski definition) is 7. The van der Waals surface area contributed by atoms with Gasteiger partial charge in [0.05, 0.1) is 19.3 Å². The van der Waals surface area contributed by atoms with Crippen molar-refractivity contribution in [3.8, 4) is 0 Å². The summed E-state index contributed by atoms with van der Waals surface area (Å²) in [6.07, 6.45) is 4.49. The summed E-state index contributed by atoms with van der Waals surface area (Å²) < 4.78 is 11.4. The van der Waals surface area contributed by atoms with E-state index in [1.807, 2.05) is 91.1 Å². The summed E-state index contributed by atoms with van der Waals surface area (Å²) in [5.41, 5.74) is 3.51. The number of nitrogens with zero attached hydrogens (tertiary/aromatic N) is 1. The number of hydrogen-bond donors (Lipinski definition) is 4. The van der Waals surface area contributed by atoms with E-state index in [1.165, 1.54) is 7.11 Å². The Morgan fingerprint density at radius 2 is 1.70 bits per heavy atom. The van der Waals surface area contributed by atoms with Gasteiger partial charge in [-0.15, -0.1) is 0 Å². The number of aromatic nitrogens is 2. The van der Waals surface area contributed by atoms with Gasteiger partial charge in [-0.05, 0) is 42.5 Å². The molecule has 4 aromatic rings. The van der Waals surface area contributed by atoms with Gasteiger partial charge in [-0.2, -0.15) is 0 Å². The fourth-order valence-corrected chi connectivity index (χ4v) is 6.45. The summed E-state index contributed by atoms with van der Waals surface area (Å²) in [6, 6.07) is 26.5. The molecule has 0 saturated carbocycles. The summed E-state index contributed by atoms with van der Waals surface area (Å²) >= 11 is 1.65. The third-order valence-corrected chi connectivity index (χ3v) is 8.84. The maximum Gasteiger partial charge on any atom is 0.407 e. The van der Waals surface area contributed by atoms with Gasteiger partial charge >= 0.3 is 6.09 Å². The fourth-order valence-electron chi connectivity index (χ4n) is 5.48. The summed E-state index contributed by atoms with van der Waals surface area (Å²) in [5, 5.41) is 10.4. The molecule has 5 rings (SSSR count). The third-order valence-electron chi connectivity index (χ3n) is 7.85. The van der Waals surface area contributed by atoms with Crippen LogP contribution in [0.4, 0.5) is 10.5 Å². The number of alkyl carbamates (subject to hydrolysis) is 1. The fraction of sp³-hybridized carbons (Fsp3) is 0.324. The van der Waals surface area contributed by atoms with Crippen LogP contribution in [0.3, 0.4) is 0 Å². The van der Waals surface area contributed by atoms with E-state index >= 15 is 0 Å². The third kappa shape index (κ3) is 8.28. The average molecular weight is 614 g/mol. The molecule has 3 aromatic carbocycles. The van der Waals surface area contributed by atoms with Gasteiger partial charge < -0.3 is 30.4 Å². The van der Waals surface area contributed by atoms with E-state index in [9.17, 15) is 9.59 Å². The monoisotopic (exact) mass is 613 g/mol. The quantitative estimate of drug-likeness (QED) is 0.159. The van der Waals surface area contributed by atoms with Crippen molar-refractivity contribution < 1.29 is 19.1 Å². The zero-order valence-corrected chi connectivity index (χ0v) is 25.8. The lowest BCUT2D eigenvalue weighted by molar-refractivity contribution is -0.118. The van der Waals surface area contributed by atoms with Gasteiger partial charge in [-0.25, -0.2) is 9.78 Å². The first-order valence-electron chi connectivity index (χ1n) is 14.9. The molecule has 10 heteroatoms. The van der Waals surface area contributed by atoms with Crippen LogP contribution in [0.25, 0.3) is 0 Å². The predicted octanol–water partition coefficient (Wildman–Crippen LogP) is 5.38. The second kappa shape index (κ2) is 15.6. The largest absolute Gasteiger partial charge is 0.453 e. The Bertz CT molecular complexity index is 1430. The van der Waals surface area contributed by atoms with Crippen LogP contribution < -0.4 is 16.0 Å². The highest BCUT2D eigenvalue weighted by molar-refractivity contribution is 7.99. The molecule has 4 N–H and O–H groups in total. The number of aryl methyl sites for hydroxylation is 1. The zero-order valence-electron chi connectivity index (χ0n) is 24.9. The van der Waals surface area contributed by atoms with Crippen molar-refractivity contribution in [1.29, 1.82) is 0 Å². The van der Waals surface area contributed by atoms with Crippen molar-refractivity contribution in [1.82, 2.24) is 20.6 Å². The van der Waals surface area contributed by atoms with Gasteiger partial charge in [0.15, 0.2) is 5.16 Å². The van der Waals surface area contributed by atoms with Crippen LogP contribution in [-0.2, 0) is 20.7 Å². The molecule has 0 bridgehead atoms. The van der Waals surface area contributed by atoms with Crippen LogP contribution in [0.2, 0.25) is 0 Å². The van der Waals surface area contributed by atoms with Gasteiger partial charge in [0.1, 0.15) is 6.04 Å². The molecule has 1 fully saturated rings. The van der Waals surface area contributed by atoms with Gasteiger partial charge in [-0.3, -0.25) is 4.79 Å². The minimum atomic E-state index is -0.930. The number of benzene rings is 3. The average Bonchev–Trinajstić information content (AvgIpc) is 3.59. The summed E-state index contributed by atoms with van der Waals surface area (Å²) in [5.74, 6) is 0.0203. The van der Waals surface area contributed by atoms with Crippen LogP contribution in [0, 0.1) is 0 Å². The Hall–Kier alpha value is -4.12. The molecule has 1 aromatic heterocycles. The first-order chi connectivity index (χ1) is 21.5. The van der Waals surface area contributed by atoms with Crippen molar-refractivity contribution in [3.63, 3.8) is 0 Å². The number of thioether (sulfide) groups is 1. The second-order valence-corrected chi connectivity index (χ2v) is 11.8. The number of imidazole rings is 1. The maximum absolute atomic E-state index is 14.0. The number of carbonyl (C=O) groups excluding carboxylic acids is 2. The molecular formula is C34H39N5O4S. The lowest BCUT2D eigenvalue weighted by Crippen LogP contribution is -2.52. The molecule has 44 heavy (non-hydrogen) atoms. The zero-order chi connectivity index (χ0) is 30.7. The smallest absolute Gasteiger partial charge is 0.407 e. The molecule has 2 amide bonds. The van der Waals surface area contributed by atoms with Crippen LogP contribution in [0.1, 0.15) is 36.0 Å². The van der Waals surface area contributed by atoms with E-state index in [0.717, 1.165) is 40.6 Å². The predicted molar refractivity (Wildman–Crippen MR) is 173 cm³/mol. The van der Waals surface area contributed by atoms with E-state index in [0.29, 0.717) is 12.1 Å². The van der Waals surface area contributed by atoms with Crippen LogP contribution in [0.15, 0.2) is 102 Å². The highest BCUT2D eigenvalue weighted by Gasteiger charge is 2.33. The molecule has 230 valence electrons. The highest BCUT2D eigenvalue weighted by atomic mass is 32.2. The van der Waals surface area contributed by atoms with E-state index in [2.05, 4.69) is 32.8 Å². The first kappa shape index (κ1) is 31.3. The number of aromatic amines is 1. The van der Waals surface area contributed by atoms with Crippen molar-refractivity contribution in [3.05, 3.63) is 114 Å². The minimum Gasteiger partial charge on any atom is -0.453 e. The Morgan fingerprint density at radius 3 is 2.36 bits per heavy atom. The minimum absolute atomic E-state index is 0.0337. The Kier molecular flexibility index (Phi) is 11.1. The number of ether oxygens (including phenoxy) is 2. The van der Waals surface area contributed by atoms with Crippen LogP contribution in [0.5, 0.6) is 0 Å². The number of rotatable bonds is 12. The van der Waals surface area contributed by atoms with E-state index in [-0.39, 0.29) is 24.2 Å². The molecule has 2 heterocycles. The number of anilines is 1. The Labute approximate surface area is 262 Å².